The normalized spacial score (nSPS) is 19.0. The minimum atomic E-state index is 0.147. The zero-order valence-corrected chi connectivity index (χ0v) is 8.59. The highest BCUT2D eigenvalue weighted by molar-refractivity contribution is 5.33. The van der Waals surface area contributed by atoms with Crippen LogP contribution in [0, 0.1) is 0 Å². The Bertz CT molecular complexity index is 244. The molecule has 2 N–H and O–H groups in total. The van der Waals surface area contributed by atoms with Gasteiger partial charge in [-0.25, -0.2) is 0 Å². The maximum Gasteiger partial charge on any atom is 0.0265 e. The van der Waals surface area contributed by atoms with Crippen molar-refractivity contribution in [2.24, 2.45) is 5.73 Å². The van der Waals surface area contributed by atoms with Crippen LogP contribution in [0.1, 0.15) is 33.1 Å². The van der Waals surface area contributed by atoms with Gasteiger partial charge in [-0.2, -0.15) is 0 Å². The Morgan fingerprint density at radius 2 is 2.23 bits per heavy atom. The molecule has 1 nitrogen and oxygen atoms in total. The van der Waals surface area contributed by atoms with Gasteiger partial charge in [0, 0.05) is 6.04 Å². The van der Waals surface area contributed by atoms with Gasteiger partial charge in [-0.1, -0.05) is 43.2 Å². The van der Waals surface area contributed by atoms with Crippen LogP contribution in [0.5, 0.6) is 0 Å². The van der Waals surface area contributed by atoms with Gasteiger partial charge in [-0.3, -0.25) is 0 Å². The van der Waals surface area contributed by atoms with Crippen LogP contribution in [-0.4, -0.2) is 6.04 Å². The lowest BCUT2D eigenvalue weighted by atomic mass is 10.1. The summed E-state index contributed by atoms with van der Waals surface area (Å²) in [5, 5.41) is 0. The van der Waals surface area contributed by atoms with Gasteiger partial charge in [-0.15, -0.1) is 0 Å². The lowest BCUT2D eigenvalue weighted by molar-refractivity contribution is 0.881. The molecule has 1 aliphatic carbocycles. The first-order chi connectivity index (χ1) is 6.24. The molecular formula is C12H19N. The molecule has 0 aromatic heterocycles. The lowest BCUT2D eigenvalue weighted by Gasteiger charge is -2.03. The molecular weight excluding hydrogens is 158 g/mol. The summed E-state index contributed by atoms with van der Waals surface area (Å²) < 4.78 is 0. The van der Waals surface area contributed by atoms with Gasteiger partial charge in [0.2, 0.25) is 0 Å². The molecule has 0 aromatic carbocycles. The van der Waals surface area contributed by atoms with Crippen LogP contribution in [0.4, 0.5) is 0 Å². The maximum absolute atomic E-state index is 5.81. The quantitative estimate of drug-likeness (QED) is 0.704. The minimum absolute atomic E-state index is 0.147. The largest absolute Gasteiger partial charge is 0.324 e. The van der Waals surface area contributed by atoms with Crippen molar-refractivity contribution in [3.05, 3.63) is 35.5 Å². The maximum atomic E-state index is 5.81. The second-order valence-electron chi connectivity index (χ2n) is 3.64. The van der Waals surface area contributed by atoms with Gasteiger partial charge in [0.25, 0.3) is 0 Å². The topological polar surface area (TPSA) is 26.0 Å². The van der Waals surface area contributed by atoms with E-state index in [-0.39, 0.29) is 6.04 Å². The minimum Gasteiger partial charge on any atom is -0.324 e. The van der Waals surface area contributed by atoms with E-state index in [0.717, 1.165) is 6.42 Å². The molecule has 1 heteroatoms. The molecule has 1 unspecified atom stereocenters. The molecule has 0 fully saturated rings. The van der Waals surface area contributed by atoms with Gasteiger partial charge < -0.3 is 5.73 Å². The van der Waals surface area contributed by atoms with Crippen molar-refractivity contribution < 1.29 is 0 Å². The Morgan fingerprint density at radius 3 is 2.85 bits per heavy atom. The molecule has 0 aromatic rings. The standard InChI is InChI=1S/C12H19N/c1-3-5-11-6-4-7-12(9-8-11)10(2)13/h4,7-10H,3,5-6,13H2,1-2H3. The van der Waals surface area contributed by atoms with E-state index >= 15 is 0 Å². The molecule has 1 atom stereocenters. The van der Waals surface area contributed by atoms with Crippen LogP contribution in [0.3, 0.4) is 0 Å². The number of hydrogen-bond donors (Lipinski definition) is 1. The molecule has 0 spiro atoms. The van der Waals surface area contributed by atoms with Gasteiger partial charge in [0.15, 0.2) is 0 Å². The molecule has 13 heavy (non-hydrogen) atoms. The first-order valence-corrected chi connectivity index (χ1v) is 5.05. The van der Waals surface area contributed by atoms with Crippen LogP contribution in [0.2, 0.25) is 0 Å². The third-order valence-corrected chi connectivity index (χ3v) is 2.30. The summed E-state index contributed by atoms with van der Waals surface area (Å²) in [6, 6.07) is 0.147. The van der Waals surface area contributed by atoms with E-state index < -0.39 is 0 Å². The Hall–Kier alpha value is -0.820. The van der Waals surface area contributed by atoms with Crippen LogP contribution in [-0.2, 0) is 0 Å². The SMILES string of the molecule is CCCC1=CC=C(C(C)N)C=CC1. The molecule has 0 saturated carbocycles. The van der Waals surface area contributed by atoms with Crippen molar-refractivity contribution in [1.29, 1.82) is 0 Å². The lowest BCUT2D eigenvalue weighted by Crippen LogP contribution is -2.16. The molecule has 1 rings (SSSR count). The van der Waals surface area contributed by atoms with Gasteiger partial charge in [0.1, 0.15) is 0 Å². The number of hydrogen-bond acceptors (Lipinski definition) is 1. The van der Waals surface area contributed by atoms with Crippen molar-refractivity contribution in [1.82, 2.24) is 0 Å². The van der Waals surface area contributed by atoms with E-state index in [2.05, 4.69) is 31.2 Å². The highest BCUT2D eigenvalue weighted by Gasteiger charge is 2.01. The summed E-state index contributed by atoms with van der Waals surface area (Å²) in [5.41, 5.74) is 8.54. The summed E-state index contributed by atoms with van der Waals surface area (Å²) in [5.74, 6) is 0. The predicted molar refractivity (Wildman–Crippen MR) is 58.5 cm³/mol. The molecule has 72 valence electrons. The van der Waals surface area contributed by atoms with Crippen LogP contribution in [0.25, 0.3) is 0 Å². The van der Waals surface area contributed by atoms with Crippen molar-refractivity contribution in [2.45, 2.75) is 39.2 Å². The molecule has 0 radical (unpaired) electrons. The third kappa shape index (κ3) is 3.19. The Kier molecular flexibility index (Phi) is 3.97. The van der Waals surface area contributed by atoms with Gasteiger partial charge in [-0.05, 0) is 25.3 Å². The summed E-state index contributed by atoms with van der Waals surface area (Å²) in [6.07, 6.45) is 12.2. The van der Waals surface area contributed by atoms with Crippen LogP contribution < -0.4 is 5.73 Å². The van der Waals surface area contributed by atoms with Crippen molar-refractivity contribution in [3.63, 3.8) is 0 Å². The zero-order valence-electron chi connectivity index (χ0n) is 8.59. The Labute approximate surface area is 81.0 Å². The van der Waals surface area contributed by atoms with Gasteiger partial charge >= 0.3 is 0 Å². The zero-order chi connectivity index (χ0) is 9.68. The van der Waals surface area contributed by atoms with Gasteiger partial charge in [0.05, 0.1) is 0 Å². The summed E-state index contributed by atoms with van der Waals surface area (Å²) in [6.45, 7) is 4.24. The predicted octanol–water partition coefficient (Wildman–Crippen LogP) is 2.95. The molecule has 0 saturated heterocycles. The van der Waals surface area contributed by atoms with E-state index in [1.165, 1.54) is 24.0 Å². The molecule has 0 bridgehead atoms. The second-order valence-corrected chi connectivity index (χ2v) is 3.64. The van der Waals surface area contributed by atoms with E-state index in [1.54, 1.807) is 0 Å². The third-order valence-electron chi connectivity index (χ3n) is 2.30. The molecule has 0 heterocycles. The van der Waals surface area contributed by atoms with E-state index in [0.29, 0.717) is 0 Å². The number of rotatable bonds is 3. The summed E-state index contributed by atoms with van der Waals surface area (Å²) in [4.78, 5) is 0. The first-order valence-electron chi connectivity index (χ1n) is 5.05. The van der Waals surface area contributed by atoms with Crippen molar-refractivity contribution in [2.75, 3.05) is 0 Å². The first kappa shape index (κ1) is 10.3. The second kappa shape index (κ2) is 5.03. The fourth-order valence-electron chi connectivity index (χ4n) is 1.49. The number of allylic oxidation sites excluding steroid dienone is 4. The van der Waals surface area contributed by atoms with Crippen LogP contribution in [0.15, 0.2) is 35.5 Å². The summed E-state index contributed by atoms with van der Waals surface area (Å²) >= 11 is 0. The molecule has 0 aliphatic heterocycles. The smallest absolute Gasteiger partial charge is 0.0265 e. The van der Waals surface area contributed by atoms with E-state index in [1.807, 2.05) is 6.92 Å². The highest BCUT2D eigenvalue weighted by Crippen LogP contribution is 2.16. The Morgan fingerprint density at radius 1 is 1.46 bits per heavy atom. The fourth-order valence-corrected chi connectivity index (χ4v) is 1.49. The van der Waals surface area contributed by atoms with Crippen molar-refractivity contribution in [3.8, 4) is 0 Å². The monoisotopic (exact) mass is 177 g/mol. The fraction of sp³-hybridized carbons (Fsp3) is 0.500. The number of nitrogens with two attached hydrogens (primary N) is 1. The summed E-state index contributed by atoms with van der Waals surface area (Å²) in [7, 11) is 0. The van der Waals surface area contributed by atoms with E-state index in [4.69, 9.17) is 5.73 Å². The van der Waals surface area contributed by atoms with Crippen molar-refractivity contribution >= 4 is 0 Å². The average molecular weight is 177 g/mol. The molecule has 1 aliphatic rings. The van der Waals surface area contributed by atoms with Crippen LogP contribution >= 0.6 is 0 Å². The average Bonchev–Trinajstić information content (AvgIpc) is 2.30. The highest BCUT2D eigenvalue weighted by atomic mass is 14.6. The molecule has 0 amide bonds. The van der Waals surface area contributed by atoms with E-state index in [9.17, 15) is 0 Å². The Balaban J connectivity index is 2.70.